The van der Waals surface area contributed by atoms with Gasteiger partial charge in [0.1, 0.15) is 23.4 Å². The van der Waals surface area contributed by atoms with Crippen molar-refractivity contribution >= 4 is 17.9 Å². The van der Waals surface area contributed by atoms with Gasteiger partial charge in [-0.2, -0.15) is 0 Å². The fraction of sp³-hybridized carbons (Fsp3) is 0.500. The first kappa shape index (κ1) is 30.7. The molecule has 2 aromatic carbocycles. The fourth-order valence-corrected chi connectivity index (χ4v) is 4.15. The maximum absolute atomic E-state index is 14.2. The number of carbonyl (C=O) groups is 3. The van der Waals surface area contributed by atoms with Gasteiger partial charge in [-0.1, -0.05) is 68.8 Å². The summed E-state index contributed by atoms with van der Waals surface area (Å²) < 4.78 is 5.45. The first-order valence-electron chi connectivity index (χ1n) is 13.4. The van der Waals surface area contributed by atoms with E-state index in [9.17, 15) is 19.5 Å². The number of hydrogen-bond donors (Lipinski definition) is 3. The number of phenolic OH excluding ortho intramolecular Hbond substituents is 1. The number of hydrogen-bond acceptors (Lipinski definition) is 5. The number of amides is 3. The normalized spacial score (nSPS) is 12.8. The molecule has 2 atom stereocenters. The lowest BCUT2D eigenvalue weighted by Crippen LogP contribution is -2.54. The predicted molar refractivity (Wildman–Crippen MR) is 149 cm³/mol. The number of unbranched alkanes of at least 4 members (excludes halogenated alkanes) is 1. The molecule has 8 nitrogen and oxygen atoms in total. The second-order valence-electron chi connectivity index (χ2n) is 10.5. The van der Waals surface area contributed by atoms with Crippen LogP contribution in [0, 0.1) is 6.92 Å². The van der Waals surface area contributed by atoms with E-state index in [4.69, 9.17) is 4.74 Å². The Kier molecular flexibility index (Phi) is 11.6. The van der Waals surface area contributed by atoms with Crippen molar-refractivity contribution in [3.63, 3.8) is 0 Å². The number of rotatable bonds is 12. The molecule has 0 aliphatic rings. The highest BCUT2D eigenvalue weighted by Crippen LogP contribution is 2.32. The fourth-order valence-electron chi connectivity index (χ4n) is 4.15. The smallest absolute Gasteiger partial charge is 0.408 e. The minimum Gasteiger partial charge on any atom is -0.507 e. The summed E-state index contributed by atoms with van der Waals surface area (Å²) in [5, 5.41) is 16.6. The number of benzene rings is 2. The van der Waals surface area contributed by atoms with Gasteiger partial charge in [0, 0.05) is 25.1 Å². The van der Waals surface area contributed by atoms with E-state index >= 15 is 0 Å². The Labute approximate surface area is 226 Å². The van der Waals surface area contributed by atoms with Gasteiger partial charge in [0.2, 0.25) is 11.8 Å². The zero-order valence-electron chi connectivity index (χ0n) is 23.5. The number of nitrogens with zero attached hydrogens (tertiary/aromatic N) is 1. The van der Waals surface area contributed by atoms with Gasteiger partial charge in [-0.3, -0.25) is 9.59 Å². The van der Waals surface area contributed by atoms with E-state index in [1.807, 2.05) is 44.2 Å². The molecule has 38 heavy (non-hydrogen) atoms. The van der Waals surface area contributed by atoms with Gasteiger partial charge in [0.15, 0.2) is 0 Å². The zero-order valence-corrected chi connectivity index (χ0v) is 23.5. The maximum atomic E-state index is 14.2. The Bertz CT molecular complexity index is 1070. The lowest BCUT2D eigenvalue weighted by Gasteiger charge is -2.35. The molecule has 208 valence electrons. The van der Waals surface area contributed by atoms with Crippen molar-refractivity contribution in [1.29, 1.82) is 0 Å². The summed E-state index contributed by atoms with van der Waals surface area (Å²) in [6, 6.07) is 12.5. The number of phenols is 1. The molecular formula is C30H43N3O5. The average molecular weight is 526 g/mol. The number of alkyl carbamates (subject to hydrolysis) is 1. The topological polar surface area (TPSA) is 108 Å². The summed E-state index contributed by atoms with van der Waals surface area (Å²) in [6.45, 7) is 11.6. The van der Waals surface area contributed by atoms with Gasteiger partial charge in [-0.25, -0.2) is 4.79 Å². The summed E-state index contributed by atoms with van der Waals surface area (Å²) in [5.74, 6) is -0.841. The molecule has 0 fully saturated rings. The van der Waals surface area contributed by atoms with Crippen LogP contribution in [0.2, 0.25) is 0 Å². The largest absolute Gasteiger partial charge is 0.507 e. The Morgan fingerprint density at radius 3 is 2.29 bits per heavy atom. The van der Waals surface area contributed by atoms with Crippen LogP contribution in [0.1, 0.15) is 76.6 Å². The van der Waals surface area contributed by atoms with Crippen molar-refractivity contribution in [1.82, 2.24) is 15.5 Å². The van der Waals surface area contributed by atoms with Crippen molar-refractivity contribution in [3.8, 4) is 5.75 Å². The monoisotopic (exact) mass is 525 g/mol. The van der Waals surface area contributed by atoms with E-state index in [1.54, 1.807) is 45.9 Å². The molecule has 0 saturated carbocycles. The van der Waals surface area contributed by atoms with E-state index in [0.717, 1.165) is 18.4 Å². The standard InChI is InChI=1S/C30H43N3O5/c1-7-9-18-31-27(35)25(23-17-13-14-21(3)26(23)34)33(19-8-2)28(36)24(20-22-15-11-10-12-16-22)32-29(37)38-30(4,5)6/h10-17,24-25,34H,7-9,18-20H2,1-6H3,(H,31,35)(H,32,37). The molecule has 0 aliphatic carbocycles. The average Bonchev–Trinajstić information content (AvgIpc) is 2.85. The first-order valence-corrected chi connectivity index (χ1v) is 13.4. The van der Waals surface area contributed by atoms with E-state index < -0.39 is 29.7 Å². The maximum Gasteiger partial charge on any atom is 0.408 e. The molecule has 2 rings (SSSR count). The van der Waals surface area contributed by atoms with Crippen LogP contribution in [-0.4, -0.2) is 52.6 Å². The zero-order chi connectivity index (χ0) is 28.3. The molecule has 2 aromatic rings. The van der Waals surface area contributed by atoms with Crippen molar-refractivity contribution in [2.45, 2.75) is 84.9 Å². The molecule has 3 amide bonds. The van der Waals surface area contributed by atoms with Crippen LogP contribution in [0.15, 0.2) is 48.5 Å². The Hall–Kier alpha value is -3.55. The second kappa shape index (κ2) is 14.4. The molecule has 0 bridgehead atoms. The SMILES string of the molecule is CCCCNC(=O)C(c1cccc(C)c1O)N(CCC)C(=O)C(Cc1ccccc1)NC(=O)OC(C)(C)C. The molecule has 0 aliphatic heterocycles. The third kappa shape index (κ3) is 9.08. The molecular weight excluding hydrogens is 482 g/mol. The number of para-hydroxylation sites is 1. The molecule has 2 unspecified atom stereocenters. The predicted octanol–water partition coefficient (Wildman–Crippen LogP) is 5.03. The number of carbonyl (C=O) groups excluding carboxylic acids is 3. The van der Waals surface area contributed by atoms with E-state index in [1.165, 1.54) is 4.90 Å². The minimum atomic E-state index is -1.07. The summed E-state index contributed by atoms with van der Waals surface area (Å²) in [7, 11) is 0. The van der Waals surface area contributed by atoms with Crippen molar-refractivity contribution in [3.05, 3.63) is 65.2 Å². The van der Waals surface area contributed by atoms with Gasteiger partial charge in [-0.15, -0.1) is 0 Å². The Balaban J connectivity index is 2.53. The number of aryl methyl sites for hydroxylation is 1. The summed E-state index contributed by atoms with van der Waals surface area (Å²) >= 11 is 0. The Morgan fingerprint density at radius 2 is 1.68 bits per heavy atom. The molecule has 0 saturated heterocycles. The third-order valence-corrected chi connectivity index (χ3v) is 5.97. The van der Waals surface area contributed by atoms with Crippen LogP contribution >= 0.6 is 0 Å². The number of aromatic hydroxyl groups is 1. The summed E-state index contributed by atoms with van der Waals surface area (Å²) in [5.41, 5.74) is 1.05. The van der Waals surface area contributed by atoms with Crippen molar-refractivity contribution in [2.75, 3.05) is 13.1 Å². The van der Waals surface area contributed by atoms with E-state index in [2.05, 4.69) is 10.6 Å². The minimum absolute atomic E-state index is 0.0308. The molecule has 8 heteroatoms. The lowest BCUT2D eigenvalue weighted by atomic mass is 9.97. The van der Waals surface area contributed by atoms with Crippen molar-refractivity contribution < 1.29 is 24.2 Å². The lowest BCUT2D eigenvalue weighted by molar-refractivity contribution is -0.142. The summed E-state index contributed by atoms with van der Waals surface area (Å²) in [4.78, 5) is 42.0. The van der Waals surface area contributed by atoms with Gasteiger partial charge in [0.05, 0.1) is 0 Å². The van der Waals surface area contributed by atoms with Crippen LogP contribution in [0.25, 0.3) is 0 Å². The van der Waals surface area contributed by atoms with Crippen LogP contribution in [0.5, 0.6) is 5.75 Å². The highest BCUT2D eigenvalue weighted by molar-refractivity contribution is 5.92. The highest BCUT2D eigenvalue weighted by atomic mass is 16.6. The number of nitrogens with one attached hydrogen (secondary N) is 2. The molecule has 0 spiro atoms. The molecule has 3 N–H and O–H groups in total. The van der Waals surface area contributed by atoms with Crippen LogP contribution in [0.3, 0.4) is 0 Å². The number of ether oxygens (including phenoxy) is 1. The van der Waals surface area contributed by atoms with Gasteiger partial charge < -0.3 is 25.4 Å². The second-order valence-corrected chi connectivity index (χ2v) is 10.5. The first-order chi connectivity index (χ1) is 18.0. The summed E-state index contributed by atoms with van der Waals surface area (Å²) in [6.07, 6.45) is 1.75. The van der Waals surface area contributed by atoms with Crippen LogP contribution < -0.4 is 10.6 Å². The van der Waals surface area contributed by atoms with Crippen molar-refractivity contribution in [2.24, 2.45) is 0 Å². The Morgan fingerprint density at radius 1 is 1.00 bits per heavy atom. The molecule has 0 aromatic heterocycles. The van der Waals surface area contributed by atoms with E-state index in [0.29, 0.717) is 24.1 Å². The van der Waals surface area contributed by atoms with Gasteiger partial charge in [-0.05, 0) is 51.7 Å². The van der Waals surface area contributed by atoms with Crippen LogP contribution in [0.4, 0.5) is 4.79 Å². The van der Waals surface area contributed by atoms with Crippen LogP contribution in [-0.2, 0) is 20.7 Å². The molecule has 0 heterocycles. The highest BCUT2D eigenvalue weighted by Gasteiger charge is 2.37. The van der Waals surface area contributed by atoms with Gasteiger partial charge >= 0.3 is 6.09 Å². The van der Waals surface area contributed by atoms with Gasteiger partial charge in [0.25, 0.3) is 0 Å². The quantitative estimate of drug-likeness (QED) is 0.337. The molecule has 0 radical (unpaired) electrons. The van der Waals surface area contributed by atoms with E-state index in [-0.39, 0.29) is 24.6 Å². The third-order valence-electron chi connectivity index (χ3n) is 5.97.